The average Bonchev–Trinajstić information content (AvgIpc) is 3.08. The lowest BCUT2D eigenvalue weighted by molar-refractivity contribution is -0.154. The normalized spacial score (nSPS) is 16.1. The number of ether oxygens (including phenoxy) is 1. The van der Waals surface area contributed by atoms with Crippen molar-refractivity contribution in [3.8, 4) is 5.69 Å². The number of carboxylic acids is 1. The molecule has 0 spiro atoms. The highest BCUT2D eigenvalue weighted by molar-refractivity contribution is 5.91. The standard InChI is InChI=1S/C20H26N4O4/c1-13(2)15-6-4-5-7-16(15)24-14(3)22-17(23-24)18(25)21-12-20(19(26)27)8-10-28-11-9-20/h4-7,13H,8-12H2,1-3H3,(H,21,25)(H,26,27). The number of carbonyl (C=O) groups excluding carboxylic acids is 1. The molecule has 0 radical (unpaired) electrons. The minimum absolute atomic E-state index is 0.0285. The van der Waals surface area contributed by atoms with Gasteiger partial charge in [0.15, 0.2) is 0 Å². The van der Waals surface area contributed by atoms with Gasteiger partial charge >= 0.3 is 5.97 Å². The first-order chi connectivity index (χ1) is 13.3. The minimum Gasteiger partial charge on any atom is -0.481 e. The van der Waals surface area contributed by atoms with Crippen LogP contribution in [0.25, 0.3) is 5.69 Å². The van der Waals surface area contributed by atoms with Crippen LogP contribution in [0.2, 0.25) is 0 Å². The molecular weight excluding hydrogens is 360 g/mol. The predicted molar refractivity (Wildman–Crippen MR) is 103 cm³/mol. The second-order valence-corrected chi connectivity index (χ2v) is 7.49. The molecule has 28 heavy (non-hydrogen) atoms. The Balaban J connectivity index is 1.79. The topological polar surface area (TPSA) is 106 Å². The Bertz CT molecular complexity index is 869. The van der Waals surface area contributed by atoms with Gasteiger partial charge < -0.3 is 15.2 Å². The van der Waals surface area contributed by atoms with E-state index in [-0.39, 0.29) is 12.4 Å². The number of aliphatic carboxylic acids is 1. The van der Waals surface area contributed by atoms with Gasteiger partial charge in [-0.25, -0.2) is 9.67 Å². The number of aryl methyl sites for hydroxylation is 1. The molecule has 1 aliphatic rings. The van der Waals surface area contributed by atoms with Crippen LogP contribution in [0.15, 0.2) is 24.3 Å². The molecule has 3 rings (SSSR count). The fraction of sp³-hybridized carbons (Fsp3) is 0.500. The largest absolute Gasteiger partial charge is 0.481 e. The summed E-state index contributed by atoms with van der Waals surface area (Å²) in [4.78, 5) is 28.6. The van der Waals surface area contributed by atoms with Gasteiger partial charge in [0.2, 0.25) is 5.82 Å². The van der Waals surface area contributed by atoms with Crippen molar-refractivity contribution >= 4 is 11.9 Å². The molecule has 1 fully saturated rings. The first kappa shape index (κ1) is 20.0. The number of hydrogen-bond donors (Lipinski definition) is 2. The number of carbonyl (C=O) groups is 2. The second-order valence-electron chi connectivity index (χ2n) is 7.49. The molecule has 2 N–H and O–H groups in total. The zero-order chi connectivity index (χ0) is 20.3. The smallest absolute Gasteiger partial charge is 0.311 e. The van der Waals surface area contributed by atoms with E-state index in [1.807, 2.05) is 24.3 Å². The van der Waals surface area contributed by atoms with E-state index in [1.165, 1.54) is 0 Å². The Labute approximate surface area is 163 Å². The summed E-state index contributed by atoms with van der Waals surface area (Å²) in [6.07, 6.45) is 0.733. The van der Waals surface area contributed by atoms with Gasteiger partial charge in [-0.3, -0.25) is 9.59 Å². The summed E-state index contributed by atoms with van der Waals surface area (Å²) in [6, 6.07) is 7.87. The van der Waals surface area contributed by atoms with Gasteiger partial charge in [-0.05, 0) is 37.3 Å². The second kappa shape index (κ2) is 8.10. The third kappa shape index (κ3) is 3.91. The van der Waals surface area contributed by atoms with Crippen molar-refractivity contribution in [1.82, 2.24) is 20.1 Å². The van der Waals surface area contributed by atoms with Crippen molar-refractivity contribution in [1.29, 1.82) is 0 Å². The summed E-state index contributed by atoms with van der Waals surface area (Å²) in [6.45, 7) is 6.76. The molecule has 0 saturated carbocycles. The number of amides is 1. The van der Waals surface area contributed by atoms with E-state index in [0.29, 0.717) is 37.8 Å². The van der Waals surface area contributed by atoms with E-state index in [1.54, 1.807) is 11.6 Å². The number of carboxylic acid groups (broad SMARTS) is 1. The van der Waals surface area contributed by atoms with Gasteiger partial charge in [-0.2, -0.15) is 0 Å². The highest BCUT2D eigenvalue weighted by Gasteiger charge is 2.40. The lowest BCUT2D eigenvalue weighted by atomic mass is 9.80. The number of rotatable bonds is 6. The predicted octanol–water partition coefficient (Wildman–Crippen LogP) is 2.31. The van der Waals surface area contributed by atoms with Crippen LogP contribution in [0, 0.1) is 12.3 Å². The Hall–Kier alpha value is -2.74. The molecule has 8 heteroatoms. The van der Waals surface area contributed by atoms with E-state index in [4.69, 9.17) is 4.74 Å². The van der Waals surface area contributed by atoms with Crippen LogP contribution in [0.4, 0.5) is 0 Å². The maximum atomic E-state index is 12.6. The van der Waals surface area contributed by atoms with Crippen LogP contribution in [-0.2, 0) is 9.53 Å². The van der Waals surface area contributed by atoms with Crippen LogP contribution >= 0.6 is 0 Å². The van der Waals surface area contributed by atoms with Gasteiger partial charge in [0.25, 0.3) is 5.91 Å². The molecule has 0 atom stereocenters. The average molecular weight is 386 g/mol. The summed E-state index contributed by atoms with van der Waals surface area (Å²) in [5.41, 5.74) is 0.984. The number of aromatic nitrogens is 3. The lowest BCUT2D eigenvalue weighted by Crippen LogP contribution is -2.46. The number of para-hydroxylation sites is 1. The van der Waals surface area contributed by atoms with Crippen LogP contribution in [0.5, 0.6) is 0 Å². The summed E-state index contributed by atoms with van der Waals surface area (Å²) in [5.74, 6) is -0.477. The van der Waals surface area contributed by atoms with Crippen molar-refractivity contribution in [2.24, 2.45) is 5.41 Å². The number of nitrogens with zero attached hydrogens (tertiary/aromatic N) is 3. The molecule has 1 aromatic carbocycles. The van der Waals surface area contributed by atoms with Crippen molar-refractivity contribution in [2.45, 2.75) is 39.5 Å². The first-order valence-corrected chi connectivity index (χ1v) is 9.46. The number of nitrogens with one attached hydrogen (secondary N) is 1. The fourth-order valence-electron chi connectivity index (χ4n) is 3.44. The molecule has 2 aromatic rings. The molecule has 1 saturated heterocycles. The Morgan fingerprint density at radius 2 is 1.96 bits per heavy atom. The van der Waals surface area contributed by atoms with E-state index in [2.05, 4.69) is 29.2 Å². The molecule has 8 nitrogen and oxygen atoms in total. The van der Waals surface area contributed by atoms with Crippen LogP contribution < -0.4 is 5.32 Å². The van der Waals surface area contributed by atoms with E-state index in [9.17, 15) is 14.7 Å². The van der Waals surface area contributed by atoms with Crippen molar-refractivity contribution in [3.63, 3.8) is 0 Å². The summed E-state index contributed by atoms with van der Waals surface area (Å²) in [5, 5.41) is 16.7. The lowest BCUT2D eigenvalue weighted by Gasteiger charge is -2.32. The fourth-order valence-corrected chi connectivity index (χ4v) is 3.44. The highest BCUT2D eigenvalue weighted by Crippen LogP contribution is 2.30. The van der Waals surface area contributed by atoms with Crippen LogP contribution in [0.1, 0.15) is 54.6 Å². The zero-order valence-corrected chi connectivity index (χ0v) is 16.4. The van der Waals surface area contributed by atoms with Crippen molar-refractivity contribution < 1.29 is 19.4 Å². The molecule has 1 amide bonds. The maximum absolute atomic E-state index is 12.6. The quantitative estimate of drug-likeness (QED) is 0.789. The molecule has 0 aliphatic carbocycles. The molecule has 1 aliphatic heterocycles. The maximum Gasteiger partial charge on any atom is 0.311 e. The molecule has 2 heterocycles. The van der Waals surface area contributed by atoms with Gasteiger partial charge in [0.1, 0.15) is 5.82 Å². The molecule has 150 valence electrons. The van der Waals surface area contributed by atoms with Crippen molar-refractivity contribution in [2.75, 3.05) is 19.8 Å². The third-order valence-electron chi connectivity index (χ3n) is 5.25. The molecule has 1 aromatic heterocycles. The SMILES string of the molecule is Cc1nc(C(=O)NCC2(C(=O)O)CCOCC2)nn1-c1ccccc1C(C)C. The molecule has 0 unspecified atom stereocenters. The van der Waals surface area contributed by atoms with Gasteiger partial charge in [-0.15, -0.1) is 5.10 Å². The van der Waals surface area contributed by atoms with Crippen molar-refractivity contribution in [3.05, 3.63) is 41.5 Å². The van der Waals surface area contributed by atoms with Crippen LogP contribution in [-0.4, -0.2) is 51.5 Å². The Morgan fingerprint density at radius 1 is 1.29 bits per heavy atom. The Kier molecular flexibility index (Phi) is 5.79. The van der Waals surface area contributed by atoms with E-state index in [0.717, 1.165) is 11.3 Å². The van der Waals surface area contributed by atoms with Gasteiger partial charge in [0, 0.05) is 19.8 Å². The highest BCUT2D eigenvalue weighted by atomic mass is 16.5. The first-order valence-electron chi connectivity index (χ1n) is 9.46. The van der Waals surface area contributed by atoms with E-state index >= 15 is 0 Å². The molecule has 0 bridgehead atoms. The summed E-state index contributed by atoms with van der Waals surface area (Å²) >= 11 is 0. The third-order valence-corrected chi connectivity index (χ3v) is 5.25. The zero-order valence-electron chi connectivity index (χ0n) is 16.4. The minimum atomic E-state index is -1.00. The monoisotopic (exact) mass is 386 g/mol. The van der Waals surface area contributed by atoms with Crippen LogP contribution in [0.3, 0.4) is 0 Å². The van der Waals surface area contributed by atoms with Gasteiger partial charge in [-0.1, -0.05) is 32.0 Å². The van der Waals surface area contributed by atoms with Gasteiger partial charge in [0.05, 0.1) is 11.1 Å². The summed E-state index contributed by atoms with van der Waals surface area (Å²) in [7, 11) is 0. The van der Waals surface area contributed by atoms with E-state index < -0.39 is 17.3 Å². The number of hydrogen-bond acceptors (Lipinski definition) is 5. The Morgan fingerprint density at radius 3 is 2.61 bits per heavy atom. The molecular formula is C20H26N4O4. The number of benzene rings is 1. The summed E-state index contributed by atoms with van der Waals surface area (Å²) < 4.78 is 6.92.